The highest BCUT2D eigenvalue weighted by molar-refractivity contribution is 6.31. The molecule has 3 aromatic rings. The summed E-state index contributed by atoms with van der Waals surface area (Å²) in [6.07, 6.45) is 0. The molecule has 138 valence electrons. The summed E-state index contributed by atoms with van der Waals surface area (Å²) in [5.74, 6) is -0.990. The maximum Gasteiger partial charge on any atom is 0.269 e. The molecule has 4 rings (SSSR count). The first-order chi connectivity index (χ1) is 13.4. The molecule has 2 aromatic carbocycles. The number of aromatic nitrogens is 1. The van der Waals surface area contributed by atoms with Crippen LogP contribution in [0.4, 0.5) is 5.69 Å². The number of nitro groups is 1. The zero-order valence-corrected chi connectivity index (χ0v) is 14.9. The first-order valence-corrected chi connectivity index (χ1v) is 8.46. The van der Waals surface area contributed by atoms with E-state index in [0.29, 0.717) is 10.9 Å². The van der Waals surface area contributed by atoms with E-state index in [1.165, 1.54) is 18.2 Å². The lowest BCUT2D eigenvalue weighted by atomic mass is 9.83. The van der Waals surface area contributed by atoms with Gasteiger partial charge in [0.15, 0.2) is 0 Å². The SMILES string of the molecule is N#CC1=C(N)Oc2c(c(=O)[nH]c3ccccc23)[C@H]1c1cc([N+](=O)[O-])ccc1Cl. The monoisotopic (exact) mass is 394 g/mol. The Bertz CT molecular complexity index is 1290. The molecule has 1 aromatic heterocycles. The van der Waals surface area contributed by atoms with Crippen LogP contribution in [-0.4, -0.2) is 9.91 Å². The summed E-state index contributed by atoms with van der Waals surface area (Å²) in [7, 11) is 0. The molecule has 28 heavy (non-hydrogen) atoms. The number of non-ortho nitro benzene ring substituents is 1. The molecule has 0 bridgehead atoms. The number of aromatic amines is 1. The number of ether oxygens (including phenoxy) is 1. The van der Waals surface area contributed by atoms with Crippen molar-refractivity contribution in [1.29, 1.82) is 5.26 Å². The molecule has 0 fully saturated rings. The normalized spacial score (nSPS) is 15.6. The van der Waals surface area contributed by atoms with E-state index in [2.05, 4.69) is 4.98 Å². The van der Waals surface area contributed by atoms with Crippen molar-refractivity contribution in [3.8, 4) is 11.8 Å². The van der Waals surface area contributed by atoms with Crippen molar-refractivity contribution in [1.82, 2.24) is 4.98 Å². The van der Waals surface area contributed by atoms with E-state index in [-0.39, 0.29) is 39.0 Å². The van der Waals surface area contributed by atoms with Gasteiger partial charge in [-0.1, -0.05) is 23.7 Å². The minimum Gasteiger partial charge on any atom is -0.439 e. The highest BCUT2D eigenvalue weighted by Crippen LogP contribution is 2.45. The van der Waals surface area contributed by atoms with Crippen LogP contribution in [0.1, 0.15) is 17.0 Å². The van der Waals surface area contributed by atoms with E-state index in [0.717, 1.165) is 0 Å². The third-order valence-electron chi connectivity index (χ3n) is 4.59. The summed E-state index contributed by atoms with van der Waals surface area (Å²) in [5, 5.41) is 21.6. The van der Waals surface area contributed by atoms with Crippen molar-refractivity contribution in [3.05, 3.63) is 90.5 Å². The summed E-state index contributed by atoms with van der Waals surface area (Å²) >= 11 is 6.29. The second-order valence-corrected chi connectivity index (χ2v) is 6.54. The molecule has 1 atom stereocenters. The molecule has 1 aliphatic heterocycles. The zero-order chi connectivity index (χ0) is 20.0. The highest BCUT2D eigenvalue weighted by Gasteiger charge is 2.36. The van der Waals surface area contributed by atoms with Crippen LogP contribution >= 0.6 is 11.6 Å². The van der Waals surface area contributed by atoms with Gasteiger partial charge in [0.2, 0.25) is 5.88 Å². The van der Waals surface area contributed by atoms with Gasteiger partial charge in [0.1, 0.15) is 17.4 Å². The summed E-state index contributed by atoms with van der Waals surface area (Å²) < 4.78 is 5.64. The number of benzene rings is 2. The molecule has 2 heterocycles. The minimum absolute atomic E-state index is 0.0457. The van der Waals surface area contributed by atoms with Crippen molar-refractivity contribution < 1.29 is 9.66 Å². The standard InChI is InChI=1S/C19H11ClN4O4/c20-13-6-5-9(24(26)27)7-11(13)15-12(8-21)18(22)28-17-10-3-1-2-4-14(10)23-19(25)16(15)17/h1-7,15H,22H2,(H,23,25)/t15-/m0/s1. The second kappa shape index (κ2) is 6.40. The van der Waals surface area contributed by atoms with Gasteiger partial charge in [0.25, 0.3) is 11.2 Å². The van der Waals surface area contributed by atoms with E-state index in [1.54, 1.807) is 24.3 Å². The number of hydrogen-bond acceptors (Lipinski definition) is 6. The maximum atomic E-state index is 12.9. The van der Waals surface area contributed by atoms with Gasteiger partial charge in [-0.25, -0.2) is 0 Å². The number of nitrogens with zero attached hydrogens (tertiary/aromatic N) is 2. The third-order valence-corrected chi connectivity index (χ3v) is 4.93. The molecule has 0 aliphatic carbocycles. The Morgan fingerprint density at radius 1 is 1.29 bits per heavy atom. The number of hydrogen-bond donors (Lipinski definition) is 2. The fourth-order valence-corrected chi connectivity index (χ4v) is 3.57. The number of nitrogens with one attached hydrogen (secondary N) is 1. The van der Waals surface area contributed by atoms with Gasteiger partial charge >= 0.3 is 0 Å². The Morgan fingerprint density at radius 3 is 2.75 bits per heavy atom. The molecule has 8 nitrogen and oxygen atoms in total. The largest absolute Gasteiger partial charge is 0.439 e. The first-order valence-electron chi connectivity index (χ1n) is 8.08. The van der Waals surface area contributed by atoms with Crippen molar-refractivity contribution in [2.24, 2.45) is 5.73 Å². The van der Waals surface area contributed by atoms with Crippen molar-refractivity contribution in [2.45, 2.75) is 5.92 Å². The van der Waals surface area contributed by atoms with Crippen LogP contribution in [0, 0.1) is 21.4 Å². The Labute approximate surface area is 162 Å². The summed E-state index contributed by atoms with van der Waals surface area (Å²) in [6, 6.07) is 12.7. The number of H-pyrrole nitrogens is 1. The molecule has 9 heteroatoms. The first kappa shape index (κ1) is 17.6. The number of rotatable bonds is 2. The van der Waals surface area contributed by atoms with Crippen LogP contribution in [0.25, 0.3) is 10.9 Å². The van der Waals surface area contributed by atoms with Crippen LogP contribution < -0.4 is 16.0 Å². The zero-order valence-electron chi connectivity index (χ0n) is 14.1. The lowest BCUT2D eigenvalue weighted by Gasteiger charge is -2.27. The average Bonchev–Trinajstić information content (AvgIpc) is 2.67. The number of nitro benzene ring substituents is 1. The lowest BCUT2D eigenvalue weighted by molar-refractivity contribution is -0.384. The van der Waals surface area contributed by atoms with Crippen molar-refractivity contribution in [2.75, 3.05) is 0 Å². The summed E-state index contributed by atoms with van der Waals surface area (Å²) in [6.45, 7) is 0. The molecule has 0 saturated heterocycles. The number of pyridine rings is 1. The predicted octanol–water partition coefficient (Wildman–Crippen LogP) is 3.31. The Balaban J connectivity index is 2.10. The van der Waals surface area contributed by atoms with Gasteiger partial charge in [0, 0.05) is 22.5 Å². The van der Waals surface area contributed by atoms with Gasteiger partial charge in [-0.3, -0.25) is 14.9 Å². The maximum absolute atomic E-state index is 12.9. The minimum atomic E-state index is -1.01. The lowest BCUT2D eigenvalue weighted by Crippen LogP contribution is -2.28. The van der Waals surface area contributed by atoms with Gasteiger partial charge < -0.3 is 15.5 Å². The topological polar surface area (TPSA) is 135 Å². The number of fused-ring (bicyclic) bond motifs is 3. The average molecular weight is 395 g/mol. The van der Waals surface area contributed by atoms with Crippen LogP contribution in [0.15, 0.2) is 58.7 Å². The van der Waals surface area contributed by atoms with E-state index >= 15 is 0 Å². The summed E-state index contributed by atoms with van der Waals surface area (Å²) in [5.41, 5.74) is 6.07. The fourth-order valence-electron chi connectivity index (χ4n) is 3.35. The number of nitrogens with two attached hydrogens (primary N) is 1. The van der Waals surface area contributed by atoms with Gasteiger partial charge in [0.05, 0.1) is 21.9 Å². The van der Waals surface area contributed by atoms with Crippen LogP contribution in [0.5, 0.6) is 5.75 Å². The Hall–Kier alpha value is -3.83. The van der Waals surface area contributed by atoms with Crippen molar-refractivity contribution in [3.63, 3.8) is 0 Å². The quantitative estimate of drug-likeness (QED) is 0.505. The number of allylic oxidation sites excluding steroid dienone is 1. The second-order valence-electron chi connectivity index (χ2n) is 6.13. The van der Waals surface area contributed by atoms with Crippen LogP contribution in [-0.2, 0) is 0 Å². The number of halogens is 1. The van der Waals surface area contributed by atoms with Crippen LogP contribution in [0.2, 0.25) is 5.02 Å². The molecule has 3 N–H and O–H groups in total. The number of nitriles is 1. The smallest absolute Gasteiger partial charge is 0.269 e. The van der Waals surface area contributed by atoms with Crippen molar-refractivity contribution >= 4 is 28.2 Å². The van der Waals surface area contributed by atoms with E-state index in [9.17, 15) is 20.2 Å². The Kier molecular flexibility index (Phi) is 4.02. The molecule has 0 radical (unpaired) electrons. The van der Waals surface area contributed by atoms with Gasteiger partial charge in [-0.05, 0) is 23.8 Å². The van der Waals surface area contributed by atoms with Gasteiger partial charge in [-0.15, -0.1) is 0 Å². The van der Waals surface area contributed by atoms with E-state index < -0.39 is 16.4 Å². The molecule has 1 aliphatic rings. The third kappa shape index (κ3) is 2.57. The number of para-hydroxylation sites is 1. The molecular formula is C19H11ClN4O4. The fraction of sp³-hybridized carbons (Fsp3) is 0.0526. The molecule has 0 saturated carbocycles. The van der Waals surface area contributed by atoms with E-state index in [1.807, 2.05) is 6.07 Å². The highest BCUT2D eigenvalue weighted by atomic mass is 35.5. The van der Waals surface area contributed by atoms with E-state index in [4.69, 9.17) is 22.1 Å². The van der Waals surface area contributed by atoms with Gasteiger partial charge in [-0.2, -0.15) is 5.26 Å². The van der Waals surface area contributed by atoms with Crippen LogP contribution in [0.3, 0.4) is 0 Å². The molecule has 0 amide bonds. The Morgan fingerprint density at radius 2 is 2.04 bits per heavy atom. The molecule has 0 spiro atoms. The molecular weight excluding hydrogens is 384 g/mol. The predicted molar refractivity (Wildman–Crippen MR) is 102 cm³/mol. The summed E-state index contributed by atoms with van der Waals surface area (Å²) in [4.78, 5) is 26.3. The molecule has 0 unspecified atom stereocenters.